The number of anilines is 1. The number of hydrogen-bond donors (Lipinski definition) is 1. The van der Waals surface area contributed by atoms with Gasteiger partial charge >= 0.3 is 5.97 Å². The van der Waals surface area contributed by atoms with Crippen molar-refractivity contribution in [2.45, 2.75) is 39.2 Å². The third kappa shape index (κ3) is 5.23. The maximum Gasteiger partial charge on any atom is 0.339 e. The number of amides is 1. The molecule has 7 heteroatoms. The highest BCUT2D eigenvalue weighted by Gasteiger charge is 2.23. The third-order valence-corrected chi connectivity index (χ3v) is 4.92. The smallest absolute Gasteiger partial charge is 0.339 e. The lowest BCUT2D eigenvalue weighted by Crippen LogP contribution is -2.30. The Labute approximate surface area is 177 Å². The van der Waals surface area contributed by atoms with Crippen LogP contribution in [0.2, 0.25) is 0 Å². The lowest BCUT2D eigenvalue weighted by atomic mass is 9.97. The summed E-state index contributed by atoms with van der Waals surface area (Å²) in [7, 11) is 4.39. The monoisotopic (exact) mass is 415 g/mol. The summed E-state index contributed by atoms with van der Waals surface area (Å²) in [5.74, 6) is 0.216. The zero-order valence-electron chi connectivity index (χ0n) is 18.3. The number of rotatable bonds is 9. The van der Waals surface area contributed by atoms with E-state index in [4.69, 9.17) is 18.9 Å². The molecule has 0 saturated heterocycles. The summed E-state index contributed by atoms with van der Waals surface area (Å²) in [5, 5.41) is 2.86. The Bertz CT molecular complexity index is 870. The zero-order chi connectivity index (χ0) is 22.3. The van der Waals surface area contributed by atoms with Gasteiger partial charge in [0.1, 0.15) is 0 Å². The van der Waals surface area contributed by atoms with E-state index >= 15 is 0 Å². The van der Waals surface area contributed by atoms with Crippen molar-refractivity contribution < 1.29 is 28.5 Å². The fourth-order valence-electron chi connectivity index (χ4n) is 2.98. The minimum atomic E-state index is -0.999. The average Bonchev–Trinajstić information content (AvgIpc) is 2.77. The lowest BCUT2D eigenvalue weighted by molar-refractivity contribution is -0.123. The van der Waals surface area contributed by atoms with Crippen molar-refractivity contribution in [1.82, 2.24) is 0 Å². The molecule has 2 rings (SSSR count). The fourth-order valence-corrected chi connectivity index (χ4v) is 2.98. The fraction of sp³-hybridized carbons (Fsp3) is 0.391. The van der Waals surface area contributed by atoms with Crippen molar-refractivity contribution in [3.05, 3.63) is 47.5 Å². The quantitative estimate of drug-likeness (QED) is 0.611. The van der Waals surface area contributed by atoms with Crippen molar-refractivity contribution in [3.63, 3.8) is 0 Å². The van der Waals surface area contributed by atoms with Crippen LogP contribution < -0.4 is 19.5 Å². The van der Waals surface area contributed by atoms with Crippen LogP contribution in [0, 0.1) is 0 Å². The molecule has 0 fully saturated rings. The molecule has 0 aromatic heterocycles. The van der Waals surface area contributed by atoms with Crippen LogP contribution in [0.15, 0.2) is 36.4 Å². The van der Waals surface area contributed by atoms with Gasteiger partial charge in [-0.3, -0.25) is 4.79 Å². The molecule has 0 bridgehead atoms. The van der Waals surface area contributed by atoms with Gasteiger partial charge in [-0.15, -0.1) is 0 Å². The highest BCUT2D eigenvalue weighted by Crippen LogP contribution is 2.38. The molecule has 162 valence electrons. The van der Waals surface area contributed by atoms with E-state index in [0.29, 0.717) is 28.9 Å². The van der Waals surface area contributed by atoms with Gasteiger partial charge in [0, 0.05) is 5.69 Å². The molecule has 0 spiro atoms. The Morgan fingerprint density at radius 1 is 0.967 bits per heavy atom. The molecule has 2 atom stereocenters. The Balaban J connectivity index is 2.16. The number of ether oxygens (including phenoxy) is 4. The van der Waals surface area contributed by atoms with E-state index in [1.165, 1.54) is 40.4 Å². The standard InChI is InChI=1S/C23H29NO6/c1-7-14(2)17-10-8-9-11-18(17)24-22(25)15(3)30-23(26)16-12-19(27-4)21(29-6)20(13-16)28-5/h8-15H,7H2,1-6H3,(H,24,25)/t14-,15+/m0/s1. The van der Waals surface area contributed by atoms with Gasteiger partial charge in [-0.1, -0.05) is 32.0 Å². The molecule has 30 heavy (non-hydrogen) atoms. The van der Waals surface area contributed by atoms with Crippen molar-refractivity contribution in [2.24, 2.45) is 0 Å². The second-order valence-electron chi connectivity index (χ2n) is 6.85. The van der Waals surface area contributed by atoms with E-state index in [-0.39, 0.29) is 5.56 Å². The van der Waals surface area contributed by atoms with Crippen LogP contribution in [0.1, 0.15) is 49.0 Å². The number of hydrogen-bond acceptors (Lipinski definition) is 6. The maximum atomic E-state index is 12.6. The van der Waals surface area contributed by atoms with Crippen molar-refractivity contribution >= 4 is 17.6 Å². The van der Waals surface area contributed by atoms with E-state index in [0.717, 1.165) is 12.0 Å². The molecule has 7 nitrogen and oxygen atoms in total. The summed E-state index contributed by atoms with van der Waals surface area (Å²) < 4.78 is 21.1. The molecule has 1 amide bonds. The van der Waals surface area contributed by atoms with Gasteiger partial charge in [-0.05, 0) is 43.0 Å². The van der Waals surface area contributed by atoms with Crippen molar-refractivity contribution in [3.8, 4) is 17.2 Å². The first-order valence-electron chi connectivity index (χ1n) is 9.76. The number of nitrogens with one attached hydrogen (secondary N) is 1. The van der Waals surface area contributed by atoms with Crippen LogP contribution in [-0.2, 0) is 9.53 Å². The van der Waals surface area contributed by atoms with Gasteiger partial charge in [0.2, 0.25) is 5.75 Å². The topological polar surface area (TPSA) is 83.1 Å². The largest absolute Gasteiger partial charge is 0.493 e. The summed E-state index contributed by atoms with van der Waals surface area (Å²) in [6.07, 6.45) is -0.0555. The lowest BCUT2D eigenvalue weighted by Gasteiger charge is -2.18. The summed E-state index contributed by atoms with van der Waals surface area (Å²) in [6, 6.07) is 10.6. The van der Waals surface area contributed by atoms with Crippen molar-refractivity contribution in [1.29, 1.82) is 0 Å². The number of carbonyl (C=O) groups excluding carboxylic acids is 2. The average molecular weight is 415 g/mol. The second-order valence-corrected chi connectivity index (χ2v) is 6.85. The highest BCUT2D eigenvalue weighted by molar-refractivity contribution is 5.98. The summed E-state index contributed by atoms with van der Waals surface area (Å²) >= 11 is 0. The van der Waals surface area contributed by atoms with E-state index in [1.54, 1.807) is 0 Å². The molecule has 0 aliphatic rings. The van der Waals surface area contributed by atoms with Gasteiger partial charge in [-0.2, -0.15) is 0 Å². The van der Waals surface area contributed by atoms with E-state index in [9.17, 15) is 9.59 Å². The summed E-state index contributed by atoms with van der Waals surface area (Å²) in [5.41, 5.74) is 1.94. The Hall–Kier alpha value is -3.22. The first kappa shape index (κ1) is 23.1. The molecule has 0 aliphatic carbocycles. The second kappa shape index (κ2) is 10.5. The van der Waals surface area contributed by atoms with Crippen LogP contribution in [0.4, 0.5) is 5.69 Å². The first-order valence-corrected chi connectivity index (χ1v) is 9.76. The van der Waals surface area contributed by atoms with Crippen LogP contribution in [0.5, 0.6) is 17.2 Å². The SMILES string of the molecule is CC[C@H](C)c1ccccc1NC(=O)[C@@H](C)OC(=O)c1cc(OC)c(OC)c(OC)c1. The summed E-state index contributed by atoms with van der Waals surface area (Å²) in [4.78, 5) is 25.2. The number of benzene rings is 2. The van der Waals surface area contributed by atoms with Crippen LogP contribution in [0.25, 0.3) is 0 Å². The van der Waals surface area contributed by atoms with Gasteiger partial charge < -0.3 is 24.3 Å². The van der Waals surface area contributed by atoms with E-state index in [2.05, 4.69) is 19.2 Å². The molecular formula is C23H29NO6. The van der Waals surface area contributed by atoms with Gasteiger partial charge in [-0.25, -0.2) is 4.79 Å². The molecule has 0 aliphatic heterocycles. The number of methoxy groups -OCH3 is 3. The number of carbonyl (C=O) groups is 2. The first-order chi connectivity index (χ1) is 14.4. The molecule has 0 heterocycles. The van der Waals surface area contributed by atoms with Gasteiger partial charge in [0.25, 0.3) is 5.91 Å². The molecule has 0 radical (unpaired) electrons. The minimum absolute atomic E-state index is 0.184. The Morgan fingerprint density at radius 2 is 1.57 bits per heavy atom. The van der Waals surface area contributed by atoms with Gasteiger partial charge in [0.15, 0.2) is 17.6 Å². The highest BCUT2D eigenvalue weighted by atomic mass is 16.5. The summed E-state index contributed by atoms with van der Waals surface area (Å²) in [6.45, 7) is 5.71. The predicted molar refractivity (Wildman–Crippen MR) is 115 cm³/mol. The zero-order valence-corrected chi connectivity index (χ0v) is 18.3. The molecule has 1 N–H and O–H groups in total. The van der Waals surface area contributed by atoms with Crippen LogP contribution in [-0.4, -0.2) is 39.3 Å². The number of esters is 1. The van der Waals surface area contributed by atoms with E-state index < -0.39 is 18.0 Å². The molecule has 2 aromatic carbocycles. The normalized spacial score (nSPS) is 12.5. The van der Waals surface area contributed by atoms with E-state index in [1.807, 2.05) is 24.3 Å². The molecular weight excluding hydrogens is 386 g/mol. The van der Waals surface area contributed by atoms with Crippen LogP contribution in [0.3, 0.4) is 0 Å². The third-order valence-electron chi connectivity index (χ3n) is 4.92. The Kier molecular flexibility index (Phi) is 8.09. The minimum Gasteiger partial charge on any atom is -0.493 e. The maximum absolute atomic E-state index is 12.6. The number of para-hydroxylation sites is 1. The molecule has 0 unspecified atom stereocenters. The van der Waals surface area contributed by atoms with Gasteiger partial charge in [0.05, 0.1) is 26.9 Å². The van der Waals surface area contributed by atoms with Crippen LogP contribution >= 0.6 is 0 Å². The predicted octanol–water partition coefficient (Wildman–Crippen LogP) is 4.41. The van der Waals surface area contributed by atoms with Crippen molar-refractivity contribution in [2.75, 3.05) is 26.6 Å². The molecule has 2 aromatic rings. The molecule has 0 saturated carbocycles. The Morgan fingerprint density at radius 3 is 2.10 bits per heavy atom.